The fraction of sp³-hybridized carbons (Fsp3) is 0.250. The van der Waals surface area contributed by atoms with E-state index in [4.69, 9.17) is 9.84 Å². The van der Waals surface area contributed by atoms with Gasteiger partial charge in [-0.2, -0.15) is 0 Å². The van der Waals surface area contributed by atoms with Crippen LogP contribution in [-0.2, 0) is 20.9 Å². The van der Waals surface area contributed by atoms with E-state index < -0.39 is 35.5 Å². The number of carboxylic acids is 1. The van der Waals surface area contributed by atoms with E-state index in [1.165, 1.54) is 7.05 Å². The monoisotopic (exact) mass is 389 g/mol. The number of carbonyl (C=O) groups is 3. The van der Waals surface area contributed by atoms with E-state index in [-0.39, 0.29) is 25.0 Å². The third kappa shape index (κ3) is 5.54. The van der Waals surface area contributed by atoms with Gasteiger partial charge >= 0.3 is 11.9 Å². The second-order valence-electron chi connectivity index (χ2n) is 6.12. The van der Waals surface area contributed by atoms with Gasteiger partial charge in [-0.1, -0.05) is 30.3 Å². The predicted octanol–water partition coefficient (Wildman–Crippen LogP) is 2.58. The molecule has 0 bridgehead atoms. The van der Waals surface area contributed by atoms with Gasteiger partial charge < -0.3 is 19.8 Å². The van der Waals surface area contributed by atoms with E-state index >= 15 is 0 Å². The molecule has 7 nitrogen and oxygen atoms in total. The summed E-state index contributed by atoms with van der Waals surface area (Å²) in [6.07, 6.45) is -0.570. The van der Waals surface area contributed by atoms with Crippen LogP contribution >= 0.6 is 0 Å². The standard InChI is InChI=1S/C20H20FNO6/c1-22(19(26)15-11-14(21)7-9-17(15)23)16(8-10-18(24)25)20(27)28-12-13-5-3-2-4-6-13/h2-7,9,11,16,23H,8,10,12H2,1H3,(H,24,25)/t16-/m1/s1. The highest BCUT2D eigenvalue weighted by Gasteiger charge is 2.30. The van der Waals surface area contributed by atoms with E-state index in [0.29, 0.717) is 0 Å². The summed E-state index contributed by atoms with van der Waals surface area (Å²) in [5.41, 5.74) is 0.392. The quantitative estimate of drug-likeness (QED) is 0.673. The molecule has 2 rings (SSSR count). The molecule has 2 aromatic carbocycles. The average Bonchev–Trinajstić information content (AvgIpc) is 2.68. The van der Waals surface area contributed by atoms with Crippen molar-refractivity contribution in [2.75, 3.05) is 7.05 Å². The number of esters is 1. The van der Waals surface area contributed by atoms with Crippen molar-refractivity contribution in [3.05, 3.63) is 65.5 Å². The van der Waals surface area contributed by atoms with Crippen LogP contribution in [0.15, 0.2) is 48.5 Å². The maximum atomic E-state index is 13.4. The molecule has 0 unspecified atom stereocenters. The van der Waals surface area contributed by atoms with Crippen LogP contribution < -0.4 is 0 Å². The lowest BCUT2D eigenvalue weighted by molar-refractivity contribution is -0.150. The molecule has 1 amide bonds. The van der Waals surface area contributed by atoms with Crippen LogP contribution in [0.25, 0.3) is 0 Å². The molecule has 0 saturated heterocycles. The highest BCUT2D eigenvalue weighted by Crippen LogP contribution is 2.21. The number of carboxylic acid groups (broad SMARTS) is 1. The second kappa shape index (κ2) is 9.50. The number of nitrogens with zero attached hydrogens (tertiary/aromatic N) is 1. The highest BCUT2D eigenvalue weighted by molar-refractivity contribution is 5.98. The highest BCUT2D eigenvalue weighted by atomic mass is 19.1. The molecule has 0 aliphatic carbocycles. The summed E-state index contributed by atoms with van der Waals surface area (Å²) in [4.78, 5) is 37.0. The summed E-state index contributed by atoms with van der Waals surface area (Å²) in [5.74, 6) is -3.95. The van der Waals surface area contributed by atoms with Gasteiger partial charge in [-0.25, -0.2) is 9.18 Å². The van der Waals surface area contributed by atoms with E-state index in [0.717, 1.165) is 28.7 Å². The molecule has 0 spiro atoms. The van der Waals surface area contributed by atoms with Gasteiger partial charge in [0.2, 0.25) is 0 Å². The van der Waals surface area contributed by atoms with Gasteiger partial charge in [-0.15, -0.1) is 0 Å². The maximum absolute atomic E-state index is 13.4. The number of carbonyl (C=O) groups excluding carboxylic acids is 2. The molecule has 2 aromatic rings. The number of hydrogen-bond acceptors (Lipinski definition) is 5. The first-order valence-electron chi connectivity index (χ1n) is 8.47. The largest absolute Gasteiger partial charge is 0.507 e. The number of aliphatic carboxylic acids is 1. The number of phenolic OH excluding ortho intramolecular Hbond substituents is 1. The number of benzene rings is 2. The minimum absolute atomic E-state index is 0.0451. The molecule has 2 N–H and O–H groups in total. The lowest BCUT2D eigenvalue weighted by Gasteiger charge is -2.26. The molecule has 148 valence electrons. The Bertz CT molecular complexity index is 855. The minimum Gasteiger partial charge on any atom is -0.507 e. The van der Waals surface area contributed by atoms with Gasteiger partial charge in [0, 0.05) is 13.5 Å². The Kier molecular flexibility index (Phi) is 7.08. The number of halogens is 1. The van der Waals surface area contributed by atoms with Crippen LogP contribution in [0, 0.1) is 5.82 Å². The van der Waals surface area contributed by atoms with Crippen molar-refractivity contribution in [3.8, 4) is 5.75 Å². The normalized spacial score (nSPS) is 11.5. The Morgan fingerprint density at radius 2 is 1.82 bits per heavy atom. The second-order valence-corrected chi connectivity index (χ2v) is 6.12. The molecule has 8 heteroatoms. The van der Waals surface area contributed by atoms with Crippen molar-refractivity contribution in [1.82, 2.24) is 4.90 Å². The SMILES string of the molecule is CN(C(=O)c1cc(F)ccc1O)[C@H](CCC(=O)O)C(=O)OCc1ccccc1. The summed E-state index contributed by atoms with van der Waals surface area (Å²) in [7, 11) is 1.27. The fourth-order valence-electron chi connectivity index (χ4n) is 2.57. The van der Waals surface area contributed by atoms with Crippen LogP contribution in [0.3, 0.4) is 0 Å². The van der Waals surface area contributed by atoms with E-state index in [1.807, 2.05) is 0 Å². The Morgan fingerprint density at radius 3 is 2.46 bits per heavy atom. The Balaban J connectivity index is 2.17. The Morgan fingerprint density at radius 1 is 1.14 bits per heavy atom. The molecule has 0 aliphatic rings. The number of likely N-dealkylation sites (N-methyl/N-ethyl adjacent to an activating group) is 1. The van der Waals surface area contributed by atoms with Gasteiger partial charge in [0.05, 0.1) is 5.56 Å². The Hall–Kier alpha value is -3.42. The average molecular weight is 389 g/mol. The molecule has 0 aromatic heterocycles. The third-order valence-electron chi connectivity index (χ3n) is 4.10. The van der Waals surface area contributed by atoms with E-state index in [9.17, 15) is 23.9 Å². The zero-order chi connectivity index (χ0) is 20.7. The molecule has 0 radical (unpaired) electrons. The molecular weight excluding hydrogens is 369 g/mol. The summed E-state index contributed by atoms with van der Waals surface area (Å²) < 4.78 is 18.7. The van der Waals surface area contributed by atoms with Gasteiger partial charge in [0.15, 0.2) is 0 Å². The Labute approximate surface area is 161 Å². The molecule has 1 atom stereocenters. The van der Waals surface area contributed by atoms with Crippen molar-refractivity contribution >= 4 is 17.8 Å². The van der Waals surface area contributed by atoms with Crippen LogP contribution in [0.5, 0.6) is 5.75 Å². The topological polar surface area (TPSA) is 104 Å². The summed E-state index contributed by atoms with van der Waals surface area (Å²) in [6.45, 7) is -0.0451. The van der Waals surface area contributed by atoms with Crippen molar-refractivity contribution in [2.45, 2.75) is 25.5 Å². The molecule has 0 saturated carbocycles. The first-order chi connectivity index (χ1) is 13.3. The minimum atomic E-state index is -1.21. The van der Waals surface area contributed by atoms with Crippen LogP contribution in [-0.4, -0.2) is 46.0 Å². The van der Waals surface area contributed by atoms with Crippen LogP contribution in [0.4, 0.5) is 4.39 Å². The van der Waals surface area contributed by atoms with Crippen molar-refractivity contribution < 1.29 is 33.7 Å². The number of aromatic hydroxyl groups is 1. The summed E-state index contributed by atoms with van der Waals surface area (Å²) >= 11 is 0. The van der Waals surface area contributed by atoms with Crippen LogP contribution in [0.1, 0.15) is 28.8 Å². The first-order valence-corrected chi connectivity index (χ1v) is 8.47. The predicted molar refractivity (Wildman–Crippen MR) is 97.1 cm³/mol. The molecule has 28 heavy (non-hydrogen) atoms. The van der Waals surface area contributed by atoms with E-state index in [2.05, 4.69) is 0 Å². The van der Waals surface area contributed by atoms with Crippen molar-refractivity contribution in [3.63, 3.8) is 0 Å². The molecule has 0 fully saturated rings. The number of ether oxygens (including phenoxy) is 1. The first kappa shape index (κ1) is 20.9. The van der Waals surface area contributed by atoms with Gasteiger partial charge in [0.1, 0.15) is 24.2 Å². The number of rotatable bonds is 8. The van der Waals surface area contributed by atoms with Gasteiger partial charge in [0.25, 0.3) is 5.91 Å². The number of phenols is 1. The zero-order valence-electron chi connectivity index (χ0n) is 15.2. The number of amides is 1. The van der Waals surface area contributed by atoms with E-state index in [1.54, 1.807) is 30.3 Å². The van der Waals surface area contributed by atoms with Crippen LogP contribution in [0.2, 0.25) is 0 Å². The van der Waals surface area contributed by atoms with Gasteiger partial charge in [-0.3, -0.25) is 9.59 Å². The summed E-state index contributed by atoms with van der Waals surface area (Å²) in [6, 6.07) is 10.5. The molecular formula is C20H20FNO6. The molecule has 0 heterocycles. The lowest BCUT2D eigenvalue weighted by Crippen LogP contribution is -2.43. The van der Waals surface area contributed by atoms with Crippen molar-refractivity contribution in [2.24, 2.45) is 0 Å². The fourth-order valence-corrected chi connectivity index (χ4v) is 2.57. The molecule has 0 aliphatic heterocycles. The van der Waals surface area contributed by atoms with Gasteiger partial charge in [-0.05, 0) is 30.2 Å². The third-order valence-corrected chi connectivity index (χ3v) is 4.10. The smallest absolute Gasteiger partial charge is 0.329 e. The number of hydrogen-bond donors (Lipinski definition) is 2. The zero-order valence-corrected chi connectivity index (χ0v) is 15.2. The maximum Gasteiger partial charge on any atom is 0.329 e. The van der Waals surface area contributed by atoms with Crippen molar-refractivity contribution in [1.29, 1.82) is 0 Å². The summed E-state index contributed by atoms with van der Waals surface area (Å²) in [5, 5.41) is 18.7. The lowest BCUT2D eigenvalue weighted by atomic mass is 10.1.